The molecule has 0 fully saturated rings. The minimum atomic E-state index is -0.449. The third-order valence-electron chi connectivity index (χ3n) is 3.11. The van der Waals surface area contributed by atoms with Crippen LogP contribution in [-0.4, -0.2) is 18.5 Å². The van der Waals surface area contributed by atoms with Gasteiger partial charge in [-0.3, -0.25) is 0 Å². The highest BCUT2D eigenvalue weighted by Gasteiger charge is 2.11. The van der Waals surface area contributed by atoms with Crippen LogP contribution in [-0.2, 0) is 6.54 Å². The van der Waals surface area contributed by atoms with Gasteiger partial charge >= 0.3 is 0 Å². The molecular weight excluding hydrogens is 387 g/mol. The zero-order chi connectivity index (χ0) is 14.4. The Morgan fingerprint density at radius 3 is 2.67 bits per heavy atom. The first-order chi connectivity index (χ1) is 9.69. The summed E-state index contributed by atoms with van der Waals surface area (Å²) in [6, 6.07) is 3.74. The van der Waals surface area contributed by atoms with Crippen molar-refractivity contribution in [2.45, 2.75) is 32.4 Å². The summed E-state index contributed by atoms with van der Waals surface area (Å²) in [6.45, 7) is 2.80. The molecule has 0 amide bonds. The van der Waals surface area contributed by atoms with E-state index in [1.54, 1.807) is 0 Å². The fourth-order valence-corrected chi connectivity index (χ4v) is 2.08. The summed E-state index contributed by atoms with van der Waals surface area (Å²) in [5, 5.41) is 6.39. The average Bonchev–Trinajstić information content (AvgIpc) is 2.93. The molecule has 1 aromatic rings. The average molecular weight is 407 g/mol. The van der Waals surface area contributed by atoms with E-state index in [4.69, 9.17) is 0 Å². The van der Waals surface area contributed by atoms with Gasteiger partial charge in [-0.1, -0.05) is 12.2 Å². The molecule has 116 valence electrons. The number of nitrogens with one attached hydrogen (secondary N) is 2. The van der Waals surface area contributed by atoms with Crippen molar-refractivity contribution >= 4 is 29.9 Å². The summed E-state index contributed by atoms with van der Waals surface area (Å²) in [5.74, 6) is -0.257. The van der Waals surface area contributed by atoms with Crippen molar-refractivity contribution < 1.29 is 8.78 Å². The fraction of sp³-hybridized carbons (Fsp3) is 0.400. The lowest BCUT2D eigenvalue weighted by atomic mass is 10.2. The van der Waals surface area contributed by atoms with Crippen LogP contribution >= 0.6 is 24.0 Å². The molecule has 2 N–H and O–H groups in total. The van der Waals surface area contributed by atoms with Gasteiger partial charge in [0.25, 0.3) is 0 Å². The number of aliphatic imine (C=N–C) groups is 1. The Bertz CT molecular complexity index is 510. The molecule has 3 nitrogen and oxygen atoms in total. The van der Waals surface area contributed by atoms with E-state index in [0.29, 0.717) is 12.0 Å². The molecule has 0 saturated carbocycles. The number of halogens is 3. The number of rotatable bonds is 4. The monoisotopic (exact) mass is 407 g/mol. The smallest absolute Gasteiger partial charge is 0.191 e. The summed E-state index contributed by atoms with van der Waals surface area (Å²) in [4.78, 5) is 4.31. The Hall–Kier alpha value is -1.18. The van der Waals surface area contributed by atoms with Crippen LogP contribution in [0.5, 0.6) is 0 Å². The number of nitrogens with zero attached hydrogens (tertiary/aromatic N) is 1. The molecule has 1 aliphatic carbocycles. The van der Waals surface area contributed by atoms with Crippen molar-refractivity contribution in [2.24, 2.45) is 4.99 Å². The van der Waals surface area contributed by atoms with Gasteiger partial charge in [-0.25, -0.2) is 13.8 Å². The van der Waals surface area contributed by atoms with E-state index >= 15 is 0 Å². The van der Waals surface area contributed by atoms with Gasteiger partial charge < -0.3 is 10.6 Å². The number of guanidine groups is 1. The van der Waals surface area contributed by atoms with Gasteiger partial charge in [-0.15, -0.1) is 24.0 Å². The molecule has 1 aromatic carbocycles. The summed E-state index contributed by atoms with van der Waals surface area (Å²) < 4.78 is 26.6. The Morgan fingerprint density at radius 2 is 2.00 bits per heavy atom. The highest BCUT2D eigenvalue weighted by Crippen LogP contribution is 2.11. The van der Waals surface area contributed by atoms with Gasteiger partial charge in [0.1, 0.15) is 11.6 Å². The lowest BCUT2D eigenvalue weighted by molar-refractivity contribution is 0.584. The SMILES string of the molecule is CCNC(=NCc1cc(F)ccc1F)NC1CC=CC1.I. The van der Waals surface area contributed by atoms with Crippen LogP contribution in [0.4, 0.5) is 8.78 Å². The molecule has 0 unspecified atom stereocenters. The zero-order valence-corrected chi connectivity index (χ0v) is 14.2. The van der Waals surface area contributed by atoms with Crippen molar-refractivity contribution in [3.05, 3.63) is 47.5 Å². The maximum atomic E-state index is 13.5. The molecule has 0 spiro atoms. The second kappa shape index (κ2) is 8.96. The van der Waals surface area contributed by atoms with Crippen LogP contribution < -0.4 is 10.6 Å². The molecule has 0 aromatic heterocycles. The Labute approximate surface area is 140 Å². The lowest BCUT2D eigenvalue weighted by Gasteiger charge is -2.16. The Balaban J connectivity index is 0.00000220. The van der Waals surface area contributed by atoms with E-state index in [0.717, 1.165) is 31.5 Å². The molecule has 0 aliphatic heterocycles. The van der Waals surface area contributed by atoms with Crippen molar-refractivity contribution in [1.82, 2.24) is 10.6 Å². The standard InChI is InChI=1S/C15H19F2N3.HI/c1-2-18-15(20-13-5-3-4-6-13)19-10-11-9-12(16)7-8-14(11)17;/h3-4,7-9,13H,2,5-6,10H2,1H3,(H2,18,19,20);1H. The van der Waals surface area contributed by atoms with Crippen molar-refractivity contribution in [1.29, 1.82) is 0 Å². The van der Waals surface area contributed by atoms with Crippen molar-refractivity contribution in [3.63, 3.8) is 0 Å². The molecule has 0 bridgehead atoms. The van der Waals surface area contributed by atoms with Crippen LogP contribution in [0.1, 0.15) is 25.3 Å². The molecule has 1 aliphatic rings. The normalized spacial score (nSPS) is 14.9. The second-order valence-corrected chi connectivity index (χ2v) is 4.71. The van der Waals surface area contributed by atoms with Crippen LogP contribution in [0.15, 0.2) is 35.3 Å². The summed E-state index contributed by atoms with van der Waals surface area (Å²) in [7, 11) is 0. The van der Waals surface area contributed by atoms with E-state index in [1.165, 1.54) is 6.07 Å². The fourth-order valence-electron chi connectivity index (χ4n) is 2.08. The highest BCUT2D eigenvalue weighted by atomic mass is 127. The molecule has 0 heterocycles. The molecule has 0 radical (unpaired) electrons. The van der Waals surface area contributed by atoms with E-state index in [1.807, 2.05) is 6.92 Å². The second-order valence-electron chi connectivity index (χ2n) is 4.71. The lowest BCUT2D eigenvalue weighted by Crippen LogP contribution is -2.42. The first-order valence-corrected chi connectivity index (χ1v) is 6.83. The Morgan fingerprint density at radius 1 is 1.29 bits per heavy atom. The van der Waals surface area contributed by atoms with Crippen molar-refractivity contribution in [3.8, 4) is 0 Å². The molecule has 0 saturated heterocycles. The minimum Gasteiger partial charge on any atom is -0.357 e. The number of benzene rings is 1. The summed E-state index contributed by atoms with van der Waals surface area (Å²) in [6.07, 6.45) is 6.15. The highest BCUT2D eigenvalue weighted by molar-refractivity contribution is 14.0. The number of hydrogen-bond donors (Lipinski definition) is 2. The molecule has 2 rings (SSSR count). The quantitative estimate of drug-likeness (QED) is 0.348. The largest absolute Gasteiger partial charge is 0.357 e. The summed E-state index contributed by atoms with van der Waals surface area (Å²) >= 11 is 0. The first kappa shape index (κ1) is 17.9. The summed E-state index contributed by atoms with van der Waals surface area (Å²) in [5.41, 5.74) is 0.256. The van der Waals surface area contributed by atoms with Crippen LogP contribution in [0.2, 0.25) is 0 Å². The number of hydrogen-bond acceptors (Lipinski definition) is 1. The van der Waals surface area contributed by atoms with Gasteiger partial charge in [0.15, 0.2) is 5.96 Å². The predicted octanol–water partition coefficient (Wildman–Crippen LogP) is 3.36. The van der Waals surface area contributed by atoms with Crippen molar-refractivity contribution in [2.75, 3.05) is 6.54 Å². The maximum absolute atomic E-state index is 13.5. The topological polar surface area (TPSA) is 36.4 Å². The van der Waals surface area contributed by atoms with E-state index in [9.17, 15) is 8.78 Å². The van der Waals surface area contributed by atoms with Gasteiger partial charge in [0.2, 0.25) is 0 Å². The molecule has 21 heavy (non-hydrogen) atoms. The van der Waals surface area contributed by atoms with Gasteiger partial charge in [-0.2, -0.15) is 0 Å². The van der Waals surface area contributed by atoms with E-state index in [-0.39, 0.29) is 36.1 Å². The van der Waals surface area contributed by atoms with Gasteiger partial charge in [-0.05, 0) is 38.0 Å². The Kier molecular flexibility index (Phi) is 7.63. The van der Waals surface area contributed by atoms with Crippen LogP contribution in [0.3, 0.4) is 0 Å². The van der Waals surface area contributed by atoms with E-state index < -0.39 is 11.6 Å². The molecular formula is C15H20F2IN3. The molecule has 0 atom stereocenters. The van der Waals surface area contributed by atoms with Crippen LogP contribution in [0, 0.1) is 11.6 Å². The molecule has 6 heteroatoms. The third kappa shape index (κ3) is 5.61. The predicted molar refractivity (Wildman–Crippen MR) is 91.9 cm³/mol. The minimum absolute atomic E-state index is 0. The van der Waals surface area contributed by atoms with Gasteiger partial charge in [0, 0.05) is 18.2 Å². The van der Waals surface area contributed by atoms with Crippen LogP contribution in [0.25, 0.3) is 0 Å². The van der Waals surface area contributed by atoms with Gasteiger partial charge in [0.05, 0.1) is 6.54 Å². The third-order valence-corrected chi connectivity index (χ3v) is 3.11. The first-order valence-electron chi connectivity index (χ1n) is 6.83. The maximum Gasteiger partial charge on any atom is 0.191 e. The zero-order valence-electron chi connectivity index (χ0n) is 11.9. The van der Waals surface area contributed by atoms with E-state index in [2.05, 4.69) is 27.8 Å².